The van der Waals surface area contributed by atoms with Crippen molar-refractivity contribution in [2.24, 2.45) is 0 Å². The number of ether oxygens (including phenoxy) is 1. The summed E-state index contributed by atoms with van der Waals surface area (Å²) in [4.78, 5) is 51.7. The predicted octanol–water partition coefficient (Wildman–Crippen LogP) is 3.71. The van der Waals surface area contributed by atoms with Gasteiger partial charge in [0, 0.05) is 11.1 Å². The van der Waals surface area contributed by atoms with Crippen LogP contribution in [0, 0.1) is 0 Å². The number of para-hydroxylation sites is 2. The van der Waals surface area contributed by atoms with Gasteiger partial charge in [0.25, 0.3) is 0 Å². The lowest BCUT2D eigenvalue weighted by Crippen LogP contribution is -2.40. The first-order valence-electron chi connectivity index (χ1n) is 11.3. The lowest BCUT2D eigenvalue weighted by molar-refractivity contribution is -0.116. The fourth-order valence-corrected chi connectivity index (χ4v) is 4.05. The van der Waals surface area contributed by atoms with Crippen LogP contribution in [-0.4, -0.2) is 27.6 Å². The summed E-state index contributed by atoms with van der Waals surface area (Å²) in [6.07, 6.45) is 0. The number of anilines is 1. The molecule has 0 spiro atoms. The number of benzene rings is 3. The molecule has 3 aromatic carbocycles. The molecule has 5 rings (SSSR count). The number of fused-ring (bicyclic) bond motifs is 3. The monoisotopic (exact) mass is 483 g/mol. The molecular formula is C27H21N3O6. The molecule has 0 saturated heterocycles. The van der Waals surface area contributed by atoms with E-state index in [-0.39, 0.29) is 24.3 Å². The third-order valence-corrected chi connectivity index (χ3v) is 5.65. The zero-order valence-corrected chi connectivity index (χ0v) is 19.3. The van der Waals surface area contributed by atoms with E-state index in [1.54, 1.807) is 73.7 Å². The van der Waals surface area contributed by atoms with E-state index >= 15 is 0 Å². The predicted molar refractivity (Wildman–Crippen MR) is 135 cm³/mol. The van der Waals surface area contributed by atoms with Gasteiger partial charge < -0.3 is 14.5 Å². The molecular weight excluding hydrogens is 462 g/mol. The van der Waals surface area contributed by atoms with Crippen molar-refractivity contribution in [3.8, 4) is 5.69 Å². The highest BCUT2D eigenvalue weighted by atomic mass is 16.5. The van der Waals surface area contributed by atoms with Crippen molar-refractivity contribution in [1.29, 1.82) is 0 Å². The second-order valence-electron chi connectivity index (χ2n) is 7.97. The van der Waals surface area contributed by atoms with Gasteiger partial charge in [-0.15, -0.1) is 0 Å². The minimum atomic E-state index is -0.668. The van der Waals surface area contributed by atoms with Gasteiger partial charge >= 0.3 is 17.2 Å². The highest BCUT2D eigenvalue weighted by Crippen LogP contribution is 2.26. The Balaban J connectivity index is 1.57. The minimum absolute atomic E-state index is 0.0220. The molecule has 36 heavy (non-hydrogen) atoms. The molecule has 0 bridgehead atoms. The Morgan fingerprint density at radius 3 is 2.33 bits per heavy atom. The molecule has 1 amide bonds. The number of esters is 1. The molecule has 0 fully saturated rings. The first-order chi connectivity index (χ1) is 17.5. The highest BCUT2D eigenvalue weighted by molar-refractivity contribution is 6.03. The van der Waals surface area contributed by atoms with Gasteiger partial charge in [-0.3, -0.25) is 14.2 Å². The van der Waals surface area contributed by atoms with Gasteiger partial charge in [-0.1, -0.05) is 30.3 Å². The summed E-state index contributed by atoms with van der Waals surface area (Å²) >= 11 is 0. The fourth-order valence-electron chi connectivity index (χ4n) is 4.05. The first-order valence-corrected chi connectivity index (χ1v) is 11.3. The van der Waals surface area contributed by atoms with Crippen LogP contribution >= 0.6 is 0 Å². The molecule has 0 unspecified atom stereocenters. The van der Waals surface area contributed by atoms with E-state index in [1.165, 1.54) is 16.7 Å². The van der Waals surface area contributed by atoms with Crippen molar-refractivity contribution >= 4 is 39.6 Å². The van der Waals surface area contributed by atoms with Gasteiger partial charge in [0.05, 0.1) is 17.9 Å². The smallest absolute Gasteiger partial charge is 0.338 e. The first kappa shape index (κ1) is 22.9. The summed E-state index contributed by atoms with van der Waals surface area (Å²) < 4.78 is 13.0. The number of rotatable bonds is 6. The van der Waals surface area contributed by atoms with E-state index in [0.29, 0.717) is 27.9 Å². The van der Waals surface area contributed by atoms with E-state index in [2.05, 4.69) is 5.32 Å². The Labute approximate surface area is 204 Å². The second-order valence-corrected chi connectivity index (χ2v) is 7.97. The lowest BCUT2D eigenvalue weighted by Gasteiger charge is -2.12. The van der Waals surface area contributed by atoms with Gasteiger partial charge in [-0.2, -0.15) is 0 Å². The van der Waals surface area contributed by atoms with Crippen LogP contribution in [0.4, 0.5) is 5.69 Å². The van der Waals surface area contributed by atoms with Gasteiger partial charge in [0.1, 0.15) is 17.6 Å². The maximum atomic E-state index is 13.6. The summed E-state index contributed by atoms with van der Waals surface area (Å²) in [7, 11) is 0. The van der Waals surface area contributed by atoms with Crippen LogP contribution in [-0.2, 0) is 16.1 Å². The molecule has 0 aliphatic rings. The van der Waals surface area contributed by atoms with Crippen LogP contribution in [0.25, 0.3) is 27.8 Å². The molecule has 9 heteroatoms. The summed E-state index contributed by atoms with van der Waals surface area (Å²) in [5, 5.41) is 3.28. The molecule has 2 heterocycles. The van der Waals surface area contributed by atoms with Crippen LogP contribution in [0.15, 0.2) is 92.9 Å². The second kappa shape index (κ2) is 9.38. The molecule has 180 valence electrons. The average molecular weight is 483 g/mol. The standard InChI is InChI=1S/C27H21N3O6/c1-2-35-26(33)17-12-14-18(15-13-17)28-22(31)16-29-23-20-10-6-7-11-21(20)36-24(23)25(32)30(27(29)34)19-8-4-3-5-9-19/h3-15H,2,16H2,1H3,(H,28,31). The Morgan fingerprint density at radius 1 is 0.917 bits per heavy atom. The van der Waals surface area contributed by atoms with Crippen molar-refractivity contribution in [2.75, 3.05) is 11.9 Å². The number of amides is 1. The molecule has 0 aliphatic carbocycles. The van der Waals surface area contributed by atoms with Gasteiger partial charge in [0.2, 0.25) is 11.5 Å². The van der Waals surface area contributed by atoms with Gasteiger partial charge in [-0.05, 0) is 55.5 Å². The van der Waals surface area contributed by atoms with Gasteiger partial charge in [0.15, 0.2) is 0 Å². The number of hydrogen-bond donors (Lipinski definition) is 1. The highest BCUT2D eigenvalue weighted by Gasteiger charge is 2.22. The van der Waals surface area contributed by atoms with Crippen molar-refractivity contribution in [2.45, 2.75) is 13.5 Å². The van der Waals surface area contributed by atoms with Crippen molar-refractivity contribution in [1.82, 2.24) is 9.13 Å². The van der Waals surface area contributed by atoms with E-state index in [1.807, 2.05) is 0 Å². The molecule has 9 nitrogen and oxygen atoms in total. The van der Waals surface area contributed by atoms with Crippen LogP contribution in [0.2, 0.25) is 0 Å². The van der Waals surface area contributed by atoms with Gasteiger partial charge in [-0.25, -0.2) is 14.2 Å². The maximum Gasteiger partial charge on any atom is 0.338 e. The zero-order chi connectivity index (χ0) is 25.2. The number of nitrogens with zero attached hydrogens (tertiary/aromatic N) is 2. The summed E-state index contributed by atoms with van der Waals surface area (Å²) in [6, 6.07) is 21.6. The number of nitrogens with one attached hydrogen (secondary N) is 1. The molecule has 5 aromatic rings. The average Bonchev–Trinajstić information content (AvgIpc) is 3.28. The van der Waals surface area contributed by atoms with Crippen molar-refractivity contribution < 1.29 is 18.7 Å². The summed E-state index contributed by atoms with van der Waals surface area (Å²) in [5.74, 6) is -0.954. The molecule has 0 saturated carbocycles. The number of carbonyl (C=O) groups excluding carboxylic acids is 2. The summed E-state index contributed by atoms with van der Waals surface area (Å²) in [5.41, 5.74) is 0.531. The van der Waals surface area contributed by atoms with E-state index in [4.69, 9.17) is 9.15 Å². The number of furan rings is 1. The quantitative estimate of drug-likeness (QED) is 0.369. The molecule has 0 atom stereocenters. The van der Waals surface area contributed by atoms with Crippen LogP contribution in [0.5, 0.6) is 0 Å². The number of carbonyl (C=O) groups is 2. The third kappa shape index (κ3) is 4.07. The minimum Gasteiger partial charge on any atom is -0.462 e. The Kier molecular flexibility index (Phi) is 5.95. The maximum absolute atomic E-state index is 13.6. The number of hydrogen-bond acceptors (Lipinski definition) is 6. The Bertz CT molecular complexity index is 1710. The third-order valence-electron chi connectivity index (χ3n) is 5.65. The normalized spacial score (nSPS) is 11.0. The van der Waals surface area contributed by atoms with Crippen LogP contribution in [0.3, 0.4) is 0 Å². The Hall–Kier alpha value is -4.92. The van der Waals surface area contributed by atoms with Crippen LogP contribution in [0.1, 0.15) is 17.3 Å². The molecule has 0 radical (unpaired) electrons. The van der Waals surface area contributed by atoms with E-state index in [0.717, 1.165) is 4.57 Å². The largest absolute Gasteiger partial charge is 0.462 e. The number of aromatic nitrogens is 2. The van der Waals surface area contributed by atoms with Crippen molar-refractivity contribution in [3.05, 3.63) is 105 Å². The topological polar surface area (TPSA) is 113 Å². The molecule has 0 aliphatic heterocycles. The fraction of sp³-hybridized carbons (Fsp3) is 0.111. The van der Waals surface area contributed by atoms with Crippen molar-refractivity contribution in [3.63, 3.8) is 0 Å². The Morgan fingerprint density at radius 2 is 1.61 bits per heavy atom. The molecule has 1 N–H and O–H groups in total. The van der Waals surface area contributed by atoms with E-state index in [9.17, 15) is 19.2 Å². The molecule has 2 aromatic heterocycles. The zero-order valence-electron chi connectivity index (χ0n) is 19.3. The van der Waals surface area contributed by atoms with Crippen LogP contribution < -0.4 is 16.6 Å². The lowest BCUT2D eigenvalue weighted by atomic mass is 10.2. The SMILES string of the molecule is CCOC(=O)c1ccc(NC(=O)Cn2c(=O)n(-c3ccccc3)c(=O)c3oc4ccccc4c32)cc1. The summed E-state index contributed by atoms with van der Waals surface area (Å²) in [6.45, 7) is 1.61. The van der Waals surface area contributed by atoms with E-state index < -0.39 is 23.1 Å².